The molecule has 250 valence electrons. The van der Waals surface area contributed by atoms with Crippen molar-refractivity contribution in [2.24, 2.45) is 40.5 Å². The van der Waals surface area contributed by atoms with Gasteiger partial charge in [-0.3, -0.25) is 28.8 Å². The van der Waals surface area contributed by atoms with Crippen LogP contribution in [0.4, 0.5) is 0 Å². The number of carbonyl (C=O) groups is 6. The molecule has 0 bridgehead atoms. The minimum atomic E-state index is -1.29. The molecule has 0 saturated heterocycles. The van der Waals surface area contributed by atoms with Gasteiger partial charge >= 0.3 is 35.8 Å². The predicted octanol–water partition coefficient (Wildman–Crippen LogP) is -3.07. The van der Waals surface area contributed by atoms with E-state index in [1.165, 1.54) is 6.92 Å². The van der Waals surface area contributed by atoms with Crippen LogP contribution in [0.25, 0.3) is 0 Å². The van der Waals surface area contributed by atoms with Gasteiger partial charge in [0.25, 0.3) is 0 Å². The first-order valence-electron chi connectivity index (χ1n) is 12.3. The van der Waals surface area contributed by atoms with E-state index in [0.29, 0.717) is 12.3 Å². The molecule has 0 amide bonds. The molecule has 0 aromatic heterocycles. The maximum atomic E-state index is 10.2. The molecule has 0 spiro atoms. The summed E-state index contributed by atoms with van der Waals surface area (Å²) >= 11 is 0. The van der Waals surface area contributed by atoms with Gasteiger partial charge in [0.05, 0.1) is 19.1 Å². The molecule has 0 aliphatic rings. The van der Waals surface area contributed by atoms with Crippen molar-refractivity contribution >= 4 is 35.8 Å². The number of aliphatic hydroxyl groups excluding tert-OH is 2. The Morgan fingerprint density at radius 1 is 0.595 bits per heavy atom. The molecule has 0 saturated carbocycles. The maximum absolute atomic E-state index is 10.2. The van der Waals surface area contributed by atoms with Crippen molar-refractivity contribution in [3.8, 4) is 0 Å². The molecular formula is C23H49N5O14. The van der Waals surface area contributed by atoms with Gasteiger partial charge in [-0.1, -0.05) is 34.1 Å². The SMILES string of the molecule is CC(C)C[C@H](N)C(=O)O.CC[C@H](C)[C@H](N)C(=O)O.C[C@@H](O)[C@H](N)C(=O)O.N[C@@H](CC(=O)O)C(=O)O.N[C@@H](CO)C(=O)O. The van der Waals surface area contributed by atoms with Gasteiger partial charge in [0.2, 0.25) is 0 Å². The van der Waals surface area contributed by atoms with Crippen LogP contribution in [0.15, 0.2) is 0 Å². The molecule has 0 heterocycles. The number of carboxylic acids is 6. The average Bonchev–Trinajstić information content (AvgIpc) is 2.86. The van der Waals surface area contributed by atoms with Crippen LogP contribution in [-0.4, -0.2) is 120 Å². The Kier molecular flexibility index (Phi) is 31.8. The van der Waals surface area contributed by atoms with E-state index >= 15 is 0 Å². The number of aliphatic hydroxyl groups is 2. The summed E-state index contributed by atoms with van der Waals surface area (Å²) in [6.45, 7) is 8.48. The summed E-state index contributed by atoms with van der Waals surface area (Å²) in [5.74, 6) is -6.25. The number of nitrogens with two attached hydrogens (primary N) is 5. The molecule has 0 radical (unpaired) electrons. The minimum Gasteiger partial charge on any atom is -0.481 e. The monoisotopic (exact) mass is 619 g/mol. The van der Waals surface area contributed by atoms with E-state index in [0.717, 1.165) is 6.42 Å². The van der Waals surface area contributed by atoms with Crippen molar-refractivity contribution in [1.82, 2.24) is 0 Å². The summed E-state index contributed by atoms with van der Waals surface area (Å²) in [5.41, 5.74) is 25.0. The van der Waals surface area contributed by atoms with Gasteiger partial charge in [0.1, 0.15) is 30.2 Å². The third-order valence-electron chi connectivity index (χ3n) is 4.62. The van der Waals surface area contributed by atoms with E-state index in [1.807, 2.05) is 27.7 Å². The molecule has 0 aliphatic heterocycles. The molecule has 18 N–H and O–H groups in total. The largest absolute Gasteiger partial charge is 0.481 e. The molecule has 7 atom stereocenters. The Bertz CT molecular complexity index is 798. The van der Waals surface area contributed by atoms with E-state index in [1.54, 1.807) is 0 Å². The van der Waals surface area contributed by atoms with Crippen LogP contribution < -0.4 is 28.7 Å². The van der Waals surface area contributed by atoms with Crippen molar-refractivity contribution in [2.45, 2.75) is 90.2 Å². The lowest BCUT2D eigenvalue weighted by Crippen LogP contribution is -2.39. The highest BCUT2D eigenvalue weighted by atomic mass is 16.4. The zero-order chi connectivity index (χ0) is 34.9. The summed E-state index contributed by atoms with van der Waals surface area (Å²) < 4.78 is 0. The Morgan fingerprint density at radius 2 is 0.952 bits per heavy atom. The summed E-state index contributed by atoms with van der Waals surface area (Å²) in [7, 11) is 0. The second kappa shape index (κ2) is 27.7. The fourth-order valence-corrected chi connectivity index (χ4v) is 1.67. The highest BCUT2D eigenvalue weighted by Gasteiger charge is 2.18. The van der Waals surface area contributed by atoms with E-state index in [-0.39, 0.29) is 5.92 Å². The van der Waals surface area contributed by atoms with Crippen molar-refractivity contribution in [3.63, 3.8) is 0 Å². The highest BCUT2D eigenvalue weighted by Crippen LogP contribution is 2.04. The summed E-state index contributed by atoms with van der Waals surface area (Å²) in [4.78, 5) is 59.4. The van der Waals surface area contributed by atoms with Gasteiger partial charge < -0.3 is 69.5 Å². The third kappa shape index (κ3) is 34.6. The number of aliphatic carboxylic acids is 6. The van der Waals surface area contributed by atoms with E-state index in [2.05, 4.69) is 0 Å². The number of rotatable bonds is 13. The highest BCUT2D eigenvalue weighted by molar-refractivity contribution is 5.80. The van der Waals surface area contributed by atoms with Gasteiger partial charge in [-0.2, -0.15) is 0 Å². The average molecular weight is 620 g/mol. The van der Waals surface area contributed by atoms with Gasteiger partial charge in [0, 0.05) is 0 Å². The fourth-order valence-electron chi connectivity index (χ4n) is 1.67. The molecule has 0 unspecified atom stereocenters. The van der Waals surface area contributed by atoms with Gasteiger partial charge in [-0.05, 0) is 25.2 Å². The van der Waals surface area contributed by atoms with Crippen LogP contribution in [0.1, 0.15) is 53.9 Å². The number of hydrogen-bond donors (Lipinski definition) is 13. The van der Waals surface area contributed by atoms with Crippen LogP contribution in [0.2, 0.25) is 0 Å². The second-order valence-electron chi connectivity index (χ2n) is 9.10. The third-order valence-corrected chi connectivity index (χ3v) is 4.62. The molecule has 42 heavy (non-hydrogen) atoms. The van der Waals surface area contributed by atoms with Crippen molar-refractivity contribution < 1.29 is 69.6 Å². The summed E-state index contributed by atoms with van der Waals surface area (Å²) in [6.07, 6.45) is -0.148. The molecule has 0 rings (SSSR count). The molecule has 19 nitrogen and oxygen atoms in total. The fraction of sp³-hybridized carbons (Fsp3) is 0.739. The quantitative estimate of drug-likeness (QED) is 0.0971. The zero-order valence-corrected chi connectivity index (χ0v) is 24.4. The molecule has 0 aromatic rings. The molecule has 0 aromatic carbocycles. The minimum absolute atomic E-state index is 0.0718. The van der Waals surface area contributed by atoms with Crippen LogP contribution in [-0.2, 0) is 28.8 Å². The molecule has 19 heteroatoms. The maximum Gasteiger partial charge on any atom is 0.323 e. The van der Waals surface area contributed by atoms with Crippen LogP contribution in [0.3, 0.4) is 0 Å². The van der Waals surface area contributed by atoms with Crippen LogP contribution in [0, 0.1) is 11.8 Å². The summed E-state index contributed by atoms with van der Waals surface area (Å²) in [6, 6.07) is -4.96. The standard InChI is InChI=1S/2C6H13NO2.C4H7NO4.C4H9NO3.C3H7NO3/c1-4(2)3-5(7)6(8)9;1-3-4(2)5(7)6(8)9;5-2(4(8)9)1-3(6)7;1-2(6)3(5)4(7)8;4-2(1-5)3(6)7/h2*4-5H,3,7H2,1-2H3,(H,8,9);2H,1,5H2,(H,6,7)(H,8,9);2-3,6H,5H2,1H3,(H,7,8);2,5H,1,4H2,(H,6,7)/t5-;4-,5-;2-;2-,3+;2-/m00010/s1. The van der Waals surface area contributed by atoms with Crippen LogP contribution >= 0.6 is 0 Å². The smallest absolute Gasteiger partial charge is 0.323 e. The van der Waals surface area contributed by atoms with E-state index in [4.69, 9.17) is 69.5 Å². The number of carboxylic acid groups (broad SMARTS) is 6. The lowest BCUT2D eigenvalue weighted by Gasteiger charge is -2.11. The first kappa shape index (κ1) is 48.3. The van der Waals surface area contributed by atoms with E-state index < -0.39 is 85.2 Å². The number of hydrogen-bond acceptors (Lipinski definition) is 13. The normalized spacial score (nSPS) is 14.8. The Morgan fingerprint density at radius 3 is 1.02 bits per heavy atom. The van der Waals surface area contributed by atoms with Gasteiger partial charge in [0.15, 0.2) is 0 Å². The van der Waals surface area contributed by atoms with Crippen molar-refractivity contribution in [1.29, 1.82) is 0 Å². The summed E-state index contributed by atoms with van der Waals surface area (Å²) in [5, 5.41) is 65.1. The topological polar surface area (TPSA) is 394 Å². The molecular weight excluding hydrogens is 570 g/mol. The Hall–Kier alpha value is -3.46. The molecule has 0 aliphatic carbocycles. The zero-order valence-electron chi connectivity index (χ0n) is 24.4. The van der Waals surface area contributed by atoms with E-state index in [9.17, 15) is 28.8 Å². The first-order chi connectivity index (χ1) is 18.9. The van der Waals surface area contributed by atoms with Crippen LogP contribution in [0.5, 0.6) is 0 Å². The van der Waals surface area contributed by atoms with Crippen molar-refractivity contribution in [3.05, 3.63) is 0 Å². The Labute approximate surface area is 243 Å². The second-order valence-corrected chi connectivity index (χ2v) is 9.10. The first-order valence-corrected chi connectivity index (χ1v) is 12.3. The van der Waals surface area contributed by atoms with Gasteiger partial charge in [-0.25, -0.2) is 0 Å². The predicted molar refractivity (Wildman–Crippen MR) is 148 cm³/mol. The van der Waals surface area contributed by atoms with Crippen molar-refractivity contribution in [2.75, 3.05) is 6.61 Å². The molecule has 0 fully saturated rings. The van der Waals surface area contributed by atoms with Gasteiger partial charge in [-0.15, -0.1) is 0 Å². The lowest BCUT2D eigenvalue weighted by molar-refractivity contribution is -0.144. The Balaban J connectivity index is -0.000000136. The lowest BCUT2D eigenvalue weighted by atomic mass is 10.0.